The standard InChI is InChI=1S/C10H10N2O2/c1-7-2-3-11-5-9(7)12-6-8(13)4-10(12)14/h2-3,5H,4,6H2,1H3. The topological polar surface area (TPSA) is 50.3 Å². The maximum Gasteiger partial charge on any atom is 0.234 e. The van der Waals surface area contributed by atoms with Gasteiger partial charge in [0.15, 0.2) is 5.78 Å². The van der Waals surface area contributed by atoms with Gasteiger partial charge in [0.1, 0.15) is 0 Å². The highest BCUT2D eigenvalue weighted by Crippen LogP contribution is 2.22. The van der Waals surface area contributed by atoms with Crippen LogP contribution in [-0.2, 0) is 9.59 Å². The van der Waals surface area contributed by atoms with Gasteiger partial charge >= 0.3 is 0 Å². The van der Waals surface area contributed by atoms with Gasteiger partial charge in [0, 0.05) is 6.20 Å². The zero-order valence-corrected chi connectivity index (χ0v) is 7.86. The molecule has 1 amide bonds. The molecular formula is C10H10N2O2. The maximum absolute atomic E-state index is 11.4. The van der Waals surface area contributed by atoms with Crippen LogP contribution in [0.15, 0.2) is 18.5 Å². The Morgan fingerprint density at radius 2 is 2.21 bits per heavy atom. The van der Waals surface area contributed by atoms with E-state index in [1.165, 1.54) is 4.90 Å². The summed E-state index contributed by atoms with van der Waals surface area (Å²) in [6, 6.07) is 1.82. The Bertz CT molecular complexity index is 401. The lowest BCUT2D eigenvalue weighted by molar-refractivity contribution is -0.121. The lowest BCUT2D eigenvalue weighted by atomic mass is 10.2. The molecular weight excluding hydrogens is 180 g/mol. The van der Waals surface area contributed by atoms with E-state index in [1.54, 1.807) is 12.4 Å². The van der Waals surface area contributed by atoms with Gasteiger partial charge in [-0.3, -0.25) is 14.6 Å². The number of amides is 1. The molecule has 0 aliphatic carbocycles. The fourth-order valence-electron chi connectivity index (χ4n) is 1.54. The summed E-state index contributed by atoms with van der Waals surface area (Å²) in [5, 5.41) is 0. The van der Waals surface area contributed by atoms with Gasteiger partial charge in [-0.1, -0.05) is 0 Å². The Hall–Kier alpha value is -1.71. The number of nitrogens with zero attached hydrogens (tertiary/aromatic N) is 2. The summed E-state index contributed by atoms with van der Waals surface area (Å²) >= 11 is 0. The van der Waals surface area contributed by atoms with Crippen LogP contribution in [0.2, 0.25) is 0 Å². The SMILES string of the molecule is Cc1ccncc1N1CC(=O)CC1=O. The van der Waals surface area contributed by atoms with Gasteiger partial charge in [0.2, 0.25) is 5.91 Å². The average molecular weight is 190 g/mol. The maximum atomic E-state index is 11.4. The molecule has 2 heterocycles. The first-order valence-corrected chi connectivity index (χ1v) is 4.41. The van der Waals surface area contributed by atoms with Crippen molar-refractivity contribution in [2.24, 2.45) is 0 Å². The summed E-state index contributed by atoms with van der Waals surface area (Å²) in [5.41, 5.74) is 1.70. The molecule has 4 heteroatoms. The number of carbonyl (C=O) groups is 2. The second-order valence-corrected chi connectivity index (χ2v) is 3.36. The van der Waals surface area contributed by atoms with E-state index in [4.69, 9.17) is 0 Å². The fraction of sp³-hybridized carbons (Fsp3) is 0.300. The molecule has 1 aliphatic rings. The summed E-state index contributed by atoms with van der Waals surface area (Å²) in [4.78, 5) is 27.9. The van der Waals surface area contributed by atoms with Crippen molar-refractivity contribution in [2.75, 3.05) is 11.4 Å². The number of carbonyl (C=O) groups excluding carboxylic acids is 2. The Labute approximate surface area is 81.6 Å². The molecule has 2 rings (SSSR count). The van der Waals surface area contributed by atoms with Crippen molar-refractivity contribution < 1.29 is 9.59 Å². The minimum absolute atomic E-state index is 0.0222. The van der Waals surface area contributed by atoms with Crippen molar-refractivity contribution in [3.05, 3.63) is 24.0 Å². The van der Waals surface area contributed by atoms with Crippen LogP contribution in [0, 0.1) is 6.92 Å². The number of anilines is 1. The molecule has 0 N–H and O–H groups in total. The van der Waals surface area contributed by atoms with Gasteiger partial charge in [-0.2, -0.15) is 0 Å². The predicted molar refractivity (Wildman–Crippen MR) is 51.0 cm³/mol. The van der Waals surface area contributed by atoms with Crippen molar-refractivity contribution >= 4 is 17.4 Å². The zero-order chi connectivity index (χ0) is 10.1. The van der Waals surface area contributed by atoms with Crippen LogP contribution in [0.5, 0.6) is 0 Å². The predicted octanol–water partition coefficient (Wildman–Crippen LogP) is 0.696. The van der Waals surface area contributed by atoms with E-state index in [0.29, 0.717) is 0 Å². The lowest BCUT2D eigenvalue weighted by Gasteiger charge is -2.16. The van der Waals surface area contributed by atoms with Crippen molar-refractivity contribution in [3.8, 4) is 0 Å². The molecule has 0 unspecified atom stereocenters. The number of hydrogen-bond acceptors (Lipinski definition) is 3. The van der Waals surface area contributed by atoms with Crippen LogP contribution < -0.4 is 4.90 Å². The fourth-order valence-corrected chi connectivity index (χ4v) is 1.54. The van der Waals surface area contributed by atoms with Crippen LogP contribution >= 0.6 is 0 Å². The lowest BCUT2D eigenvalue weighted by Crippen LogP contribution is -2.25. The molecule has 0 saturated carbocycles. The highest BCUT2D eigenvalue weighted by molar-refractivity contribution is 6.15. The number of hydrogen-bond donors (Lipinski definition) is 0. The molecule has 0 bridgehead atoms. The summed E-state index contributed by atoms with van der Waals surface area (Å²) in [5.74, 6) is -0.163. The molecule has 1 aromatic rings. The van der Waals surface area contributed by atoms with Crippen LogP contribution in [0.1, 0.15) is 12.0 Å². The Morgan fingerprint density at radius 3 is 2.79 bits per heavy atom. The molecule has 0 aromatic carbocycles. The van der Waals surface area contributed by atoms with E-state index >= 15 is 0 Å². The van der Waals surface area contributed by atoms with E-state index in [-0.39, 0.29) is 24.7 Å². The van der Waals surface area contributed by atoms with Crippen molar-refractivity contribution in [2.45, 2.75) is 13.3 Å². The van der Waals surface area contributed by atoms with Gasteiger partial charge in [-0.15, -0.1) is 0 Å². The van der Waals surface area contributed by atoms with Gasteiger partial charge in [0.25, 0.3) is 0 Å². The molecule has 14 heavy (non-hydrogen) atoms. The molecule has 4 nitrogen and oxygen atoms in total. The van der Waals surface area contributed by atoms with Crippen molar-refractivity contribution in [1.82, 2.24) is 4.98 Å². The average Bonchev–Trinajstić information content (AvgIpc) is 2.46. The minimum Gasteiger partial charge on any atom is -0.303 e. The zero-order valence-electron chi connectivity index (χ0n) is 7.86. The number of pyridine rings is 1. The quantitative estimate of drug-likeness (QED) is 0.612. The van der Waals surface area contributed by atoms with E-state index in [2.05, 4.69) is 4.98 Å². The summed E-state index contributed by atoms with van der Waals surface area (Å²) in [7, 11) is 0. The molecule has 1 saturated heterocycles. The summed E-state index contributed by atoms with van der Waals surface area (Å²) in [6.07, 6.45) is 3.31. The second-order valence-electron chi connectivity index (χ2n) is 3.36. The van der Waals surface area contributed by atoms with Crippen LogP contribution in [0.3, 0.4) is 0 Å². The van der Waals surface area contributed by atoms with Crippen LogP contribution in [0.4, 0.5) is 5.69 Å². The van der Waals surface area contributed by atoms with Crippen molar-refractivity contribution in [3.63, 3.8) is 0 Å². The molecule has 1 aromatic heterocycles. The third-order valence-corrected chi connectivity index (χ3v) is 2.29. The Balaban J connectivity index is 2.36. The van der Waals surface area contributed by atoms with E-state index in [9.17, 15) is 9.59 Å². The summed E-state index contributed by atoms with van der Waals surface area (Å²) < 4.78 is 0. The van der Waals surface area contributed by atoms with E-state index < -0.39 is 0 Å². The molecule has 1 fully saturated rings. The number of ketones is 1. The number of aromatic nitrogens is 1. The van der Waals surface area contributed by atoms with E-state index in [1.807, 2.05) is 13.0 Å². The minimum atomic E-state index is -0.133. The van der Waals surface area contributed by atoms with Gasteiger partial charge in [-0.05, 0) is 18.6 Å². The third-order valence-electron chi connectivity index (χ3n) is 2.29. The number of Topliss-reactive ketones (excluding diaryl/α,β-unsaturated/α-hetero) is 1. The third kappa shape index (κ3) is 1.39. The molecule has 0 atom stereocenters. The second kappa shape index (κ2) is 3.21. The first-order valence-electron chi connectivity index (χ1n) is 4.41. The Morgan fingerprint density at radius 1 is 1.43 bits per heavy atom. The first-order chi connectivity index (χ1) is 6.68. The van der Waals surface area contributed by atoms with Crippen LogP contribution in [-0.4, -0.2) is 23.2 Å². The monoisotopic (exact) mass is 190 g/mol. The van der Waals surface area contributed by atoms with Gasteiger partial charge in [-0.25, -0.2) is 0 Å². The molecule has 0 radical (unpaired) electrons. The van der Waals surface area contributed by atoms with Gasteiger partial charge in [0.05, 0.1) is 24.8 Å². The number of aryl methyl sites for hydroxylation is 1. The van der Waals surface area contributed by atoms with E-state index in [0.717, 1.165) is 11.3 Å². The van der Waals surface area contributed by atoms with Gasteiger partial charge < -0.3 is 4.90 Å². The molecule has 72 valence electrons. The van der Waals surface area contributed by atoms with Crippen molar-refractivity contribution in [1.29, 1.82) is 0 Å². The molecule has 1 aliphatic heterocycles. The normalized spacial score (nSPS) is 16.5. The Kier molecular flexibility index (Phi) is 2.04. The summed E-state index contributed by atoms with van der Waals surface area (Å²) in [6.45, 7) is 2.08. The molecule has 0 spiro atoms. The first kappa shape index (κ1) is 8.87. The highest BCUT2D eigenvalue weighted by Gasteiger charge is 2.29. The number of rotatable bonds is 1. The smallest absolute Gasteiger partial charge is 0.234 e. The van der Waals surface area contributed by atoms with Crippen LogP contribution in [0.25, 0.3) is 0 Å². The highest BCUT2D eigenvalue weighted by atomic mass is 16.2. The largest absolute Gasteiger partial charge is 0.303 e.